The molecule has 1 saturated carbocycles. The van der Waals surface area contributed by atoms with Crippen LogP contribution in [-0.4, -0.2) is 91.7 Å². The van der Waals surface area contributed by atoms with E-state index in [9.17, 15) is 18.0 Å². The number of hydrogen-bond acceptors (Lipinski definition) is 8. The first kappa shape index (κ1) is 27.4. The number of nitrogens with one attached hydrogen (secondary N) is 2. The van der Waals surface area contributed by atoms with Crippen LogP contribution in [0.2, 0.25) is 0 Å². The second kappa shape index (κ2) is 12.0. The van der Waals surface area contributed by atoms with Gasteiger partial charge in [-0.15, -0.1) is 0 Å². The smallest absolute Gasteiger partial charge is 0.372 e. The first-order valence-electron chi connectivity index (χ1n) is 13.7. The number of likely N-dealkylation sites (N-methyl/N-ethyl adjacent to an activating group) is 1. The highest BCUT2D eigenvalue weighted by Crippen LogP contribution is 2.45. The Labute approximate surface area is 226 Å². The van der Waals surface area contributed by atoms with Gasteiger partial charge in [-0.05, 0) is 62.4 Å². The minimum Gasteiger partial charge on any atom is -0.372 e. The third-order valence-electron chi connectivity index (χ3n) is 7.45. The van der Waals surface area contributed by atoms with Crippen LogP contribution in [0, 0.1) is 0 Å². The molecule has 1 amide bonds. The monoisotopic (exact) mass is 547 g/mol. The lowest BCUT2D eigenvalue weighted by molar-refractivity contribution is -0.137. The Morgan fingerprint density at radius 2 is 1.92 bits per heavy atom. The van der Waals surface area contributed by atoms with E-state index in [0.29, 0.717) is 32.0 Å². The highest BCUT2D eigenvalue weighted by Gasteiger charge is 2.35. The van der Waals surface area contributed by atoms with Crippen LogP contribution in [0.15, 0.2) is 24.4 Å². The van der Waals surface area contributed by atoms with Crippen molar-refractivity contribution in [1.29, 1.82) is 0 Å². The van der Waals surface area contributed by atoms with Gasteiger partial charge in [0.05, 0.1) is 0 Å². The molecular formula is C27H36F3N7O2. The quantitative estimate of drug-likeness (QED) is 0.457. The van der Waals surface area contributed by atoms with Gasteiger partial charge in [0, 0.05) is 70.0 Å². The average molecular weight is 548 g/mol. The van der Waals surface area contributed by atoms with Crippen molar-refractivity contribution < 1.29 is 22.7 Å². The summed E-state index contributed by atoms with van der Waals surface area (Å²) in [6.07, 6.45) is -0.363. The normalized spacial score (nSPS) is 19.2. The molecule has 12 heteroatoms. The number of alkyl halides is 3. The molecule has 0 spiro atoms. The SMILES string of the molecule is CN1CCN(c2ccc(Nc3ncc(C(F)(F)F)c(NCCCN4CCCOCC4=O)n3)c(C3CC3)c2)CC1. The summed E-state index contributed by atoms with van der Waals surface area (Å²) in [6.45, 7) is 5.79. The second-order valence-corrected chi connectivity index (χ2v) is 10.5. The molecule has 5 rings (SSSR count). The summed E-state index contributed by atoms with van der Waals surface area (Å²) in [4.78, 5) is 26.7. The van der Waals surface area contributed by atoms with E-state index in [1.165, 1.54) is 5.69 Å². The summed E-state index contributed by atoms with van der Waals surface area (Å²) < 4.78 is 46.4. The van der Waals surface area contributed by atoms with Crippen molar-refractivity contribution >= 4 is 29.0 Å². The molecule has 2 saturated heterocycles. The van der Waals surface area contributed by atoms with Gasteiger partial charge in [0.15, 0.2) is 0 Å². The van der Waals surface area contributed by atoms with Crippen molar-refractivity contribution in [3.05, 3.63) is 35.5 Å². The van der Waals surface area contributed by atoms with Gasteiger partial charge < -0.3 is 30.1 Å². The Hall–Kier alpha value is -3.12. The van der Waals surface area contributed by atoms with E-state index in [0.717, 1.165) is 62.9 Å². The predicted octanol–water partition coefficient (Wildman–Crippen LogP) is 3.92. The van der Waals surface area contributed by atoms with Crippen LogP contribution in [0.3, 0.4) is 0 Å². The number of carbonyl (C=O) groups is 1. The molecule has 0 unspecified atom stereocenters. The van der Waals surface area contributed by atoms with E-state index in [-0.39, 0.29) is 30.8 Å². The zero-order valence-electron chi connectivity index (χ0n) is 22.3. The number of nitrogens with zero attached hydrogens (tertiary/aromatic N) is 5. The van der Waals surface area contributed by atoms with E-state index >= 15 is 0 Å². The topological polar surface area (TPSA) is 85.9 Å². The first-order valence-corrected chi connectivity index (χ1v) is 13.7. The maximum atomic E-state index is 13.7. The standard InChI is InChI=1S/C27H36F3N7O2/c1-35-11-13-36(14-12-35)20-6-7-23(21(16-20)19-4-5-19)33-26-32-17-22(27(28,29)30)25(34-26)31-8-2-9-37-10-3-15-39-18-24(37)38/h6-7,16-17,19H,2-5,8-15,18H2,1H3,(H2,31,32,33,34). The van der Waals surface area contributed by atoms with Crippen molar-refractivity contribution in [1.82, 2.24) is 19.8 Å². The molecule has 3 heterocycles. The van der Waals surface area contributed by atoms with Crippen molar-refractivity contribution in [2.45, 2.75) is 37.8 Å². The number of hydrogen-bond donors (Lipinski definition) is 2. The molecule has 1 aliphatic carbocycles. The third kappa shape index (κ3) is 7.10. The van der Waals surface area contributed by atoms with Crippen LogP contribution in [0.25, 0.3) is 0 Å². The van der Waals surface area contributed by atoms with Crippen LogP contribution in [0.5, 0.6) is 0 Å². The zero-order chi connectivity index (χ0) is 27.4. The molecule has 1 aromatic heterocycles. The van der Waals surface area contributed by atoms with Crippen molar-refractivity contribution in [3.63, 3.8) is 0 Å². The molecule has 0 atom stereocenters. The minimum absolute atomic E-state index is 0.0474. The van der Waals surface area contributed by atoms with Gasteiger partial charge in [-0.2, -0.15) is 18.2 Å². The van der Waals surface area contributed by atoms with Gasteiger partial charge in [-0.3, -0.25) is 4.79 Å². The summed E-state index contributed by atoms with van der Waals surface area (Å²) >= 11 is 0. The molecule has 39 heavy (non-hydrogen) atoms. The van der Waals surface area contributed by atoms with Gasteiger partial charge in [0.25, 0.3) is 0 Å². The average Bonchev–Trinajstić information content (AvgIpc) is 3.76. The lowest BCUT2D eigenvalue weighted by Crippen LogP contribution is -2.44. The molecule has 9 nitrogen and oxygen atoms in total. The third-order valence-corrected chi connectivity index (χ3v) is 7.45. The Bertz CT molecular complexity index is 1150. The molecule has 212 valence electrons. The Morgan fingerprint density at radius 3 is 2.67 bits per heavy atom. The molecule has 2 N–H and O–H groups in total. The molecule has 2 aromatic rings. The van der Waals surface area contributed by atoms with Gasteiger partial charge >= 0.3 is 6.18 Å². The number of aromatic nitrogens is 2. The number of rotatable bonds is 9. The van der Waals surface area contributed by atoms with Gasteiger partial charge in [0.2, 0.25) is 11.9 Å². The zero-order valence-corrected chi connectivity index (χ0v) is 22.3. The number of amides is 1. The maximum Gasteiger partial charge on any atom is 0.421 e. The largest absolute Gasteiger partial charge is 0.421 e. The summed E-state index contributed by atoms with van der Waals surface area (Å²) in [5, 5.41) is 6.01. The Kier molecular flexibility index (Phi) is 8.41. The number of carbonyl (C=O) groups excluding carboxylic acids is 1. The van der Waals surface area contributed by atoms with Gasteiger partial charge in [-0.1, -0.05) is 0 Å². The first-order chi connectivity index (χ1) is 18.8. The number of ether oxygens (including phenoxy) is 1. The van der Waals surface area contributed by atoms with Crippen LogP contribution >= 0.6 is 0 Å². The Morgan fingerprint density at radius 1 is 1.13 bits per heavy atom. The van der Waals surface area contributed by atoms with E-state index in [1.54, 1.807) is 4.90 Å². The van der Waals surface area contributed by atoms with Gasteiger partial charge in [0.1, 0.15) is 18.0 Å². The lowest BCUT2D eigenvalue weighted by Gasteiger charge is -2.34. The fourth-order valence-corrected chi connectivity index (χ4v) is 5.01. The predicted molar refractivity (Wildman–Crippen MR) is 144 cm³/mol. The molecule has 1 aromatic carbocycles. The van der Waals surface area contributed by atoms with Crippen LogP contribution in [0.4, 0.5) is 36.3 Å². The van der Waals surface area contributed by atoms with Crippen LogP contribution < -0.4 is 15.5 Å². The van der Waals surface area contributed by atoms with E-state index in [2.05, 4.69) is 49.6 Å². The van der Waals surface area contributed by atoms with Gasteiger partial charge in [-0.25, -0.2) is 4.98 Å². The van der Waals surface area contributed by atoms with Crippen molar-refractivity contribution in [3.8, 4) is 0 Å². The van der Waals surface area contributed by atoms with E-state index in [1.807, 2.05) is 6.07 Å². The van der Waals surface area contributed by atoms with Crippen LogP contribution in [-0.2, 0) is 15.7 Å². The fraction of sp³-hybridized carbons (Fsp3) is 0.593. The molecule has 3 aliphatic rings. The fourth-order valence-electron chi connectivity index (χ4n) is 5.01. The summed E-state index contributed by atoms with van der Waals surface area (Å²) in [5.41, 5.74) is 2.22. The highest BCUT2D eigenvalue weighted by molar-refractivity contribution is 5.77. The lowest BCUT2D eigenvalue weighted by atomic mass is 10.1. The maximum absolute atomic E-state index is 13.7. The molecular weight excluding hydrogens is 511 g/mol. The molecule has 3 fully saturated rings. The summed E-state index contributed by atoms with van der Waals surface area (Å²) in [5.74, 6) is 0.174. The minimum atomic E-state index is -4.59. The van der Waals surface area contributed by atoms with Crippen molar-refractivity contribution in [2.24, 2.45) is 0 Å². The van der Waals surface area contributed by atoms with E-state index < -0.39 is 11.7 Å². The molecule has 0 radical (unpaired) electrons. The number of halogens is 3. The van der Waals surface area contributed by atoms with Crippen molar-refractivity contribution in [2.75, 3.05) is 81.6 Å². The number of benzene rings is 1. The van der Waals surface area contributed by atoms with Crippen LogP contribution in [0.1, 0.15) is 42.7 Å². The van der Waals surface area contributed by atoms with E-state index in [4.69, 9.17) is 4.74 Å². The highest BCUT2D eigenvalue weighted by atomic mass is 19.4. The summed E-state index contributed by atoms with van der Waals surface area (Å²) in [7, 11) is 2.12. The molecule has 0 bridgehead atoms. The second-order valence-electron chi connectivity index (χ2n) is 10.5. The number of piperazine rings is 1. The number of anilines is 4. The summed E-state index contributed by atoms with van der Waals surface area (Å²) in [6, 6.07) is 6.24. The molecule has 2 aliphatic heterocycles. The Balaban J connectivity index is 1.28.